The molecule has 3 nitrogen and oxygen atoms in total. The number of carbonyl (C=O) groups excluding carboxylic acids is 1. The van der Waals surface area contributed by atoms with Crippen LogP contribution in [-0.4, -0.2) is 18.1 Å². The number of aryl methyl sites for hydroxylation is 1. The third kappa shape index (κ3) is 4.82. The molecule has 0 amide bonds. The van der Waals surface area contributed by atoms with E-state index in [2.05, 4.69) is 0 Å². The van der Waals surface area contributed by atoms with Crippen LogP contribution in [0, 0.1) is 12.7 Å². The quantitative estimate of drug-likeness (QED) is 0.627. The first-order valence-corrected chi connectivity index (χ1v) is 8.70. The lowest BCUT2D eigenvalue weighted by Gasteiger charge is -2.25. The Morgan fingerprint density at radius 1 is 1.17 bits per heavy atom. The number of esters is 1. The lowest BCUT2D eigenvalue weighted by atomic mass is 10.1. The minimum atomic E-state index is -0.665. The highest BCUT2D eigenvalue weighted by Gasteiger charge is 2.25. The maximum atomic E-state index is 13.3. The van der Waals surface area contributed by atoms with Crippen LogP contribution in [-0.2, 0) is 9.53 Å². The van der Waals surface area contributed by atoms with Crippen molar-refractivity contribution >= 4 is 17.7 Å². The molecule has 0 spiro atoms. The summed E-state index contributed by atoms with van der Waals surface area (Å²) in [5.74, 6) is -0.690. The summed E-state index contributed by atoms with van der Waals surface area (Å²) in [7, 11) is 0. The molecule has 2 aromatic rings. The van der Waals surface area contributed by atoms with Gasteiger partial charge >= 0.3 is 5.97 Å². The second-order valence-electron chi connectivity index (χ2n) is 5.79. The van der Waals surface area contributed by atoms with E-state index in [9.17, 15) is 9.18 Å². The molecule has 24 heavy (non-hydrogen) atoms. The van der Waals surface area contributed by atoms with Crippen molar-refractivity contribution in [2.45, 2.75) is 43.1 Å². The van der Waals surface area contributed by atoms with Crippen LogP contribution in [0.5, 0.6) is 0 Å². The number of halogens is 1. The van der Waals surface area contributed by atoms with Crippen LogP contribution in [0.1, 0.15) is 30.2 Å². The molecule has 0 radical (unpaired) electrons. The van der Waals surface area contributed by atoms with Crippen molar-refractivity contribution in [3.8, 4) is 0 Å². The summed E-state index contributed by atoms with van der Waals surface area (Å²) in [5, 5.41) is -0.113. The van der Waals surface area contributed by atoms with Gasteiger partial charge < -0.3 is 10.5 Å². The number of nitrogens with two attached hydrogens (primary N) is 1. The molecule has 0 aliphatic carbocycles. The van der Waals surface area contributed by atoms with Gasteiger partial charge in [0.25, 0.3) is 0 Å². The van der Waals surface area contributed by atoms with E-state index in [1.807, 2.05) is 44.2 Å². The van der Waals surface area contributed by atoms with Crippen LogP contribution >= 0.6 is 11.8 Å². The molecule has 0 aliphatic heterocycles. The number of ether oxygens (including phenoxy) is 1. The van der Waals surface area contributed by atoms with Crippen LogP contribution in [0.2, 0.25) is 0 Å². The van der Waals surface area contributed by atoms with Crippen LogP contribution < -0.4 is 5.73 Å². The molecular formula is C19H22FNO2S. The molecule has 0 heterocycles. The van der Waals surface area contributed by atoms with E-state index >= 15 is 0 Å². The molecule has 0 fully saturated rings. The summed E-state index contributed by atoms with van der Waals surface area (Å²) in [6.45, 7) is 5.32. The maximum Gasteiger partial charge on any atom is 0.322 e. The fourth-order valence-electron chi connectivity index (χ4n) is 2.31. The Balaban J connectivity index is 2.28. The van der Waals surface area contributed by atoms with Crippen molar-refractivity contribution < 1.29 is 13.9 Å². The lowest BCUT2D eigenvalue weighted by Crippen LogP contribution is -2.33. The maximum absolute atomic E-state index is 13.3. The van der Waals surface area contributed by atoms with Gasteiger partial charge in [0.1, 0.15) is 18.0 Å². The second kappa shape index (κ2) is 8.31. The van der Waals surface area contributed by atoms with E-state index in [0.29, 0.717) is 0 Å². The predicted octanol–water partition coefficient (Wildman–Crippen LogP) is 4.25. The summed E-state index contributed by atoms with van der Waals surface area (Å²) >= 11 is 1.55. The summed E-state index contributed by atoms with van der Waals surface area (Å²) in [4.78, 5) is 12.8. The average Bonchev–Trinajstić information content (AvgIpc) is 2.54. The van der Waals surface area contributed by atoms with E-state index < -0.39 is 12.0 Å². The lowest BCUT2D eigenvalue weighted by molar-refractivity contribution is -0.149. The van der Waals surface area contributed by atoms with Crippen molar-refractivity contribution in [2.24, 2.45) is 5.73 Å². The standard InChI is InChI=1S/C19H22FNO2S/c1-12-11-16(20)9-10-17(12)24-18(15-7-5-4-6-8-15)14(3)23-19(22)13(2)21/h4-11,13-14,18H,21H2,1-3H3/t13-,14-,18-/m0/s1. The Kier molecular flexibility index (Phi) is 6.40. The van der Waals surface area contributed by atoms with Gasteiger partial charge in [-0.3, -0.25) is 4.79 Å². The average molecular weight is 347 g/mol. The SMILES string of the molecule is Cc1cc(F)ccc1S[C@H](c1ccccc1)[C@H](C)OC(=O)[C@H](C)N. The van der Waals surface area contributed by atoms with E-state index in [1.165, 1.54) is 12.1 Å². The molecule has 2 aromatic carbocycles. The van der Waals surface area contributed by atoms with Gasteiger partial charge in [0.15, 0.2) is 0 Å². The van der Waals surface area contributed by atoms with E-state index in [4.69, 9.17) is 10.5 Å². The summed E-state index contributed by atoms with van der Waals surface area (Å²) < 4.78 is 18.8. The Morgan fingerprint density at radius 3 is 2.42 bits per heavy atom. The molecule has 2 rings (SSSR count). The molecule has 0 aromatic heterocycles. The molecule has 5 heteroatoms. The largest absolute Gasteiger partial charge is 0.460 e. The third-order valence-corrected chi connectivity index (χ3v) is 5.24. The topological polar surface area (TPSA) is 52.3 Å². The van der Waals surface area contributed by atoms with Gasteiger partial charge in [0, 0.05) is 4.90 Å². The molecule has 0 unspecified atom stereocenters. The molecule has 0 saturated carbocycles. The highest BCUT2D eigenvalue weighted by atomic mass is 32.2. The van der Waals surface area contributed by atoms with Crippen LogP contribution in [0.4, 0.5) is 4.39 Å². The first-order valence-electron chi connectivity index (χ1n) is 7.82. The van der Waals surface area contributed by atoms with Crippen molar-refractivity contribution in [1.29, 1.82) is 0 Å². The highest BCUT2D eigenvalue weighted by molar-refractivity contribution is 7.99. The highest BCUT2D eigenvalue weighted by Crippen LogP contribution is 2.40. The van der Waals surface area contributed by atoms with Gasteiger partial charge in [-0.1, -0.05) is 30.3 Å². The van der Waals surface area contributed by atoms with Gasteiger partial charge in [0.05, 0.1) is 5.25 Å². The molecule has 0 bridgehead atoms. The first kappa shape index (κ1) is 18.5. The van der Waals surface area contributed by atoms with Crippen LogP contribution in [0.3, 0.4) is 0 Å². The second-order valence-corrected chi connectivity index (χ2v) is 6.97. The Morgan fingerprint density at radius 2 is 1.83 bits per heavy atom. The summed E-state index contributed by atoms with van der Waals surface area (Å²) in [5.41, 5.74) is 7.48. The fourth-order valence-corrected chi connectivity index (χ4v) is 3.52. The molecule has 3 atom stereocenters. The summed E-state index contributed by atoms with van der Waals surface area (Å²) in [6, 6.07) is 13.8. The van der Waals surface area contributed by atoms with E-state index in [0.717, 1.165) is 16.0 Å². The van der Waals surface area contributed by atoms with Gasteiger partial charge in [0.2, 0.25) is 0 Å². The van der Waals surface area contributed by atoms with E-state index in [-0.39, 0.29) is 17.2 Å². The molecule has 0 saturated heterocycles. The zero-order valence-corrected chi connectivity index (χ0v) is 14.8. The Hall–Kier alpha value is -1.85. The Labute approximate surface area is 146 Å². The fraction of sp³-hybridized carbons (Fsp3) is 0.316. The number of hydrogen-bond acceptors (Lipinski definition) is 4. The molecule has 2 N–H and O–H groups in total. The normalized spacial score (nSPS) is 14.7. The van der Waals surface area contributed by atoms with Crippen molar-refractivity contribution in [1.82, 2.24) is 0 Å². The Bertz CT molecular complexity index is 691. The number of rotatable bonds is 6. The minimum absolute atomic E-state index is 0.113. The van der Waals surface area contributed by atoms with Gasteiger partial charge in [-0.05, 0) is 50.1 Å². The first-order chi connectivity index (χ1) is 11.4. The van der Waals surface area contributed by atoms with Gasteiger partial charge in [-0.15, -0.1) is 11.8 Å². The molecule has 128 valence electrons. The number of carbonyl (C=O) groups is 1. The van der Waals surface area contributed by atoms with Gasteiger partial charge in [-0.2, -0.15) is 0 Å². The molecular weight excluding hydrogens is 325 g/mol. The number of benzene rings is 2. The smallest absolute Gasteiger partial charge is 0.322 e. The van der Waals surface area contributed by atoms with Crippen LogP contribution in [0.15, 0.2) is 53.4 Å². The van der Waals surface area contributed by atoms with Crippen molar-refractivity contribution in [3.63, 3.8) is 0 Å². The van der Waals surface area contributed by atoms with Crippen molar-refractivity contribution in [3.05, 3.63) is 65.5 Å². The summed E-state index contributed by atoms with van der Waals surface area (Å²) in [6.07, 6.45) is -0.375. The van der Waals surface area contributed by atoms with Gasteiger partial charge in [-0.25, -0.2) is 4.39 Å². The van der Waals surface area contributed by atoms with Crippen molar-refractivity contribution in [2.75, 3.05) is 0 Å². The molecule has 0 aliphatic rings. The number of hydrogen-bond donors (Lipinski definition) is 1. The van der Waals surface area contributed by atoms with Crippen LogP contribution in [0.25, 0.3) is 0 Å². The zero-order chi connectivity index (χ0) is 17.7. The third-order valence-electron chi connectivity index (χ3n) is 3.62. The minimum Gasteiger partial charge on any atom is -0.460 e. The zero-order valence-electron chi connectivity index (χ0n) is 14.0. The number of thioether (sulfide) groups is 1. The monoisotopic (exact) mass is 347 g/mol. The van der Waals surface area contributed by atoms with E-state index in [1.54, 1.807) is 24.8 Å². The predicted molar refractivity (Wildman–Crippen MR) is 95.4 cm³/mol.